The van der Waals surface area contributed by atoms with Crippen molar-refractivity contribution in [2.45, 2.75) is 45.9 Å². The first-order valence-corrected chi connectivity index (χ1v) is 12.5. The van der Waals surface area contributed by atoms with Crippen LogP contribution in [0.15, 0.2) is 78.9 Å². The Morgan fingerprint density at radius 1 is 0.778 bits per heavy atom. The highest BCUT2D eigenvalue weighted by molar-refractivity contribution is 5.84. The van der Waals surface area contributed by atoms with Crippen LogP contribution in [0.1, 0.15) is 48.3 Å². The molecule has 1 aliphatic rings. The predicted octanol–water partition coefficient (Wildman–Crippen LogP) is 5.36. The fraction of sp³-hybridized carbons (Fsp3) is 0.333. The average molecular weight is 487 g/mol. The largest absolute Gasteiger partial charge is 0.465 e. The number of aryl methyl sites for hydroxylation is 2. The minimum absolute atomic E-state index is 0.0320. The lowest BCUT2D eigenvalue weighted by Crippen LogP contribution is -2.41. The first-order chi connectivity index (χ1) is 17.5. The third-order valence-corrected chi connectivity index (χ3v) is 6.71. The Hall–Kier alpha value is -3.64. The average Bonchev–Trinajstić information content (AvgIpc) is 3.21. The van der Waals surface area contributed by atoms with Crippen LogP contribution in [0, 0.1) is 13.8 Å². The van der Waals surface area contributed by atoms with Gasteiger partial charge >= 0.3 is 11.9 Å². The lowest BCUT2D eigenvalue weighted by atomic mass is 9.98. The maximum absolute atomic E-state index is 13.7. The van der Waals surface area contributed by atoms with Gasteiger partial charge in [-0.2, -0.15) is 0 Å². The molecule has 1 saturated heterocycles. The molecule has 0 N–H and O–H groups in total. The van der Waals surface area contributed by atoms with Crippen molar-refractivity contribution in [1.82, 2.24) is 4.90 Å². The quantitative estimate of drug-likeness (QED) is 0.400. The molecule has 0 bridgehead atoms. The fourth-order valence-corrected chi connectivity index (χ4v) is 5.00. The molecule has 4 rings (SSSR count). The minimum Gasteiger partial charge on any atom is -0.465 e. The zero-order valence-corrected chi connectivity index (χ0v) is 21.4. The highest BCUT2D eigenvalue weighted by Crippen LogP contribution is 2.48. The number of anilines is 1. The third-order valence-electron chi connectivity index (χ3n) is 6.71. The lowest BCUT2D eigenvalue weighted by molar-refractivity contribution is -0.148. The summed E-state index contributed by atoms with van der Waals surface area (Å²) in [5, 5.41) is 0. The van der Waals surface area contributed by atoms with Crippen molar-refractivity contribution in [1.29, 1.82) is 0 Å². The molecule has 3 atom stereocenters. The predicted molar refractivity (Wildman–Crippen MR) is 141 cm³/mol. The Bertz CT molecular complexity index is 1180. The van der Waals surface area contributed by atoms with Gasteiger partial charge in [-0.15, -0.1) is 0 Å². The van der Waals surface area contributed by atoms with Crippen molar-refractivity contribution in [3.63, 3.8) is 0 Å². The normalized spacial score (nSPS) is 19.8. The molecule has 36 heavy (non-hydrogen) atoms. The van der Waals surface area contributed by atoms with Gasteiger partial charge in [0.15, 0.2) is 0 Å². The van der Waals surface area contributed by atoms with Crippen LogP contribution < -0.4 is 4.90 Å². The van der Waals surface area contributed by atoms with Gasteiger partial charge in [0.1, 0.15) is 12.2 Å². The van der Waals surface area contributed by atoms with E-state index < -0.39 is 18.2 Å². The molecule has 0 radical (unpaired) electrons. The molecule has 6 heteroatoms. The van der Waals surface area contributed by atoms with E-state index in [2.05, 4.69) is 35.8 Å². The Morgan fingerprint density at radius 3 is 1.97 bits per heavy atom. The lowest BCUT2D eigenvalue weighted by Gasteiger charge is -2.33. The molecule has 0 aromatic heterocycles. The van der Waals surface area contributed by atoms with Gasteiger partial charge in [0, 0.05) is 5.69 Å². The molecule has 1 aliphatic heterocycles. The maximum Gasteiger partial charge on any atom is 0.330 e. The molecule has 0 unspecified atom stereocenters. The molecule has 0 spiro atoms. The van der Waals surface area contributed by atoms with Crippen LogP contribution in [0.5, 0.6) is 0 Å². The molecular weight excluding hydrogens is 452 g/mol. The van der Waals surface area contributed by atoms with Crippen molar-refractivity contribution < 1.29 is 19.1 Å². The molecule has 6 nitrogen and oxygen atoms in total. The van der Waals surface area contributed by atoms with E-state index in [1.54, 1.807) is 6.92 Å². The van der Waals surface area contributed by atoms with Crippen molar-refractivity contribution in [3.8, 4) is 0 Å². The van der Waals surface area contributed by atoms with Crippen LogP contribution in [0.25, 0.3) is 0 Å². The van der Waals surface area contributed by atoms with Crippen molar-refractivity contribution in [3.05, 3.63) is 101 Å². The summed E-state index contributed by atoms with van der Waals surface area (Å²) in [5.41, 5.74) is 5.11. The van der Waals surface area contributed by atoms with E-state index in [1.807, 2.05) is 73.7 Å². The highest BCUT2D eigenvalue weighted by atomic mass is 16.5. The summed E-state index contributed by atoms with van der Waals surface area (Å²) >= 11 is 0. The van der Waals surface area contributed by atoms with Crippen molar-refractivity contribution >= 4 is 17.6 Å². The monoisotopic (exact) mass is 486 g/mol. The van der Waals surface area contributed by atoms with Crippen LogP contribution in [-0.4, -0.2) is 42.6 Å². The fourth-order valence-electron chi connectivity index (χ4n) is 5.00. The number of carbonyl (C=O) groups is 2. The first kappa shape index (κ1) is 25.5. The van der Waals surface area contributed by atoms with Crippen molar-refractivity contribution in [2.75, 3.05) is 24.7 Å². The highest BCUT2D eigenvalue weighted by Gasteiger charge is 2.53. The zero-order chi connectivity index (χ0) is 25.7. The van der Waals surface area contributed by atoms with E-state index in [0.717, 1.165) is 22.4 Å². The molecule has 0 saturated carbocycles. The van der Waals surface area contributed by atoms with Gasteiger partial charge in [-0.25, -0.2) is 4.79 Å². The third kappa shape index (κ3) is 5.14. The van der Waals surface area contributed by atoms with Crippen LogP contribution >= 0.6 is 0 Å². The first-order valence-electron chi connectivity index (χ1n) is 12.5. The van der Waals surface area contributed by atoms with Gasteiger partial charge in [-0.05, 0) is 62.1 Å². The van der Waals surface area contributed by atoms with Crippen LogP contribution in [0.4, 0.5) is 5.69 Å². The SMILES string of the molecule is CCOC(=O)CN1[C@H](c2ccccc2)[C@H](C(=O)OCC)N(c2ccc(C)c(C)c2)[C@@H]1c1ccccc1. The second kappa shape index (κ2) is 11.4. The second-order valence-corrected chi connectivity index (χ2v) is 8.99. The van der Waals surface area contributed by atoms with Gasteiger partial charge in [0.05, 0.1) is 25.8 Å². The number of carbonyl (C=O) groups excluding carboxylic acids is 2. The summed E-state index contributed by atoms with van der Waals surface area (Å²) in [6, 6.07) is 25.0. The van der Waals surface area contributed by atoms with E-state index >= 15 is 0 Å². The van der Waals surface area contributed by atoms with E-state index in [4.69, 9.17) is 9.47 Å². The molecule has 1 heterocycles. The van der Waals surface area contributed by atoms with Gasteiger partial charge in [0.2, 0.25) is 0 Å². The Labute approximate surface area is 213 Å². The summed E-state index contributed by atoms with van der Waals surface area (Å²) in [4.78, 5) is 30.8. The molecule has 3 aromatic carbocycles. The second-order valence-electron chi connectivity index (χ2n) is 8.99. The zero-order valence-electron chi connectivity index (χ0n) is 21.4. The molecule has 1 fully saturated rings. The van der Waals surface area contributed by atoms with E-state index in [0.29, 0.717) is 6.61 Å². The minimum atomic E-state index is -0.672. The number of hydrogen-bond donors (Lipinski definition) is 0. The summed E-state index contributed by atoms with van der Waals surface area (Å²) in [6.45, 7) is 8.34. The standard InChI is InChI=1S/C30H34N2O4/c1-5-35-26(33)20-31-27(23-13-9-7-10-14-23)28(30(34)36-6-2)32(25-18-17-21(3)22(4)19-25)29(31)24-15-11-8-12-16-24/h7-19,27-29H,5-6,20H2,1-4H3/t27-,28-,29-/m1/s1. The number of hydrogen-bond acceptors (Lipinski definition) is 6. The molecular formula is C30H34N2O4. The summed E-state index contributed by atoms with van der Waals surface area (Å²) < 4.78 is 11.0. The molecule has 0 aliphatic carbocycles. The van der Waals surface area contributed by atoms with Crippen LogP contribution in [0.2, 0.25) is 0 Å². The van der Waals surface area contributed by atoms with Gasteiger partial charge in [0.25, 0.3) is 0 Å². The number of esters is 2. The van der Waals surface area contributed by atoms with Crippen LogP contribution in [0.3, 0.4) is 0 Å². The topological polar surface area (TPSA) is 59.1 Å². The van der Waals surface area contributed by atoms with E-state index in [1.165, 1.54) is 5.56 Å². The van der Waals surface area contributed by atoms with Crippen LogP contribution in [-0.2, 0) is 19.1 Å². The Morgan fingerprint density at radius 2 is 1.39 bits per heavy atom. The Balaban J connectivity index is 1.96. The molecule has 188 valence electrons. The number of rotatable bonds is 8. The maximum atomic E-state index is 13.7. The van der Waals surface area contributed by atoms with Crippen molar-refractivity contribution in [2.24, 2.45) is 0 Å². The Kier molecular flexibility index (Phi) is 8.06. The number of benzene rings is 3. The number of ether oxygens (including phenoxy) is 2. The van der Waals surface area contributed by atoms with E-state index in [9.17, 15) is 9.59 Å². The molecule has 3 aromatic rings. The summed E-state index contributed by atoms with van der Waals surface area (Å²) in [6.07, 6.45) is -0.391. The van der Waals surface area contributed by atoms with Gasteiger partial charge in [-0.3, -0.25) is 9.69 Å². The van der Waals surface area contributed by atoms with Gasteiger partial charge in [-0.1, -0.05) is 66.7 Å². The van der Waals surface area contributed by atoms with E-state index in [-0.39, 0.29) is 25.1 Å². The molecule has 0 amide bonds. The summed E-state index contributed by atoms with van der Waals surface area (Å²) in [7, 11) is 0. The van der Waals surface area contributed by atoms with Gasteiger partial charge < -0.3 is 14.4 Å². The smallest absolute Gasteiger partial charge is 0.330 e. The number of nitrogens with zero attached hydrogens (tertiary/aromatic N) is 2. The summed E-state index contributed by atoms with van der Waals surface area (Å²) in [5.74, 6) is -0.652.